The molecule has 9 heavy (non-hydrogen) atoms. The zero-order chi connectivity index (χ0) is 6.24. The summed E-state index contributed by atoms with van der Waals surface area (Å²) < 4.78 is 8.34. The fourth-order valence-electron chi connectivity index (χ4n) is 0.184. The second-order valence-corrected chi connectivity index (χ2v) is 0.907. The molecule has 0 aliphatic carbocycles. The number of hydrogen-bond donors (Lipinski definition) is 0. The van der Waals surface area contributed by atoms with E-state index in [1.807, 2.05) is 0 Å². The van der Waals surface area contributed by atoms with Crippen molar-refractivity contribution in [3.8, 4) is 6.26 Å². The average Bonchev–Trinajstić information content (AvgIpc) is 1.81. The summed E-state index contributed by atoms with van der Waals surface area (Å²) in [5, 5.41) is 7.75. The minimum Gasteiger partial charge on any atom is -0.464 e. The average molecular weight is 149 g/mol. The lowest BCUT2D eigenvalue weighted by Crippen LogP contribution is -1.98. The van der Waals surface area contributed by atoms with Crippen LogP contribution in [0.25, 0.3) is 0 Å². The highest BCUT2D eigenvalue weighted by Crippen LogP contribution is 1.69. The monoisotopic (exact) mass is 149 g/mol. The summed E-state index contributed by atoms with van der Waals surface area (Å²) in [6.07, 6.45) is 1.43. The van der Waals surface area contributed by atoms with Crippen LogP contribution in [-0.4, -0.2) is 19.7 Å². The van der Waals surface area contributed by atoms with Gasteiger partial charge in [-0.3, -0.25) is 4.79 Å². The maximum atomic E-state index is 9.41. The highest BCUT2D eigenvalue weighted by atomic mass is 32.1. The maximum Gasteiger partial charge on any atom is 0.293 e. The van der Waals surface area contributed by atoms with Gasteiger partial charge in [-0.25, -0.2) is 0 Å². The first-order valence-corrected chi connectivity index (χ1v) is 1.98. The van der Waals surface area contributed by atoms with Crippen molar-refractivity contribution in [2.24, 2.45) is 0 Å². The molecular formula is C4H7NO3S. The van der Waals surface area contributed by atoms with Crippen molar-refractivity contribution in [1.82, 2.24) is 0 Å². The number of hydrogen-bond acceptors (Lipinski definition) is 4. The van der Waals surface area contributed by atoms with Crippen LogP contribution in [0.3, 0.4) is 0 Å². The van der Waals surface area contributed by atoms with E-state index in [1.54, 1.807) is 0 Å². The Hall–Kier alpha value is -0.890. The van der Waals surface area contributed by atoms with E-state index in [1.165, 1.54) is 6.26 Å². The molecule has 0 radical (unpaired) electrons. The number of nitrogens with zero attached hydrogens (tertiary/aromatic N) is 1. The Kier molecular flexibility index (Phi) is 12.4. The Bertz CT molecular complexity index is 100. The van der Waals surface area contributed by atoms with E-state index >= 15 is 0 Å². The molecule has 0 rings (SSSR count). The summed E-state index contributed by atoms with van der Waals surface area (Å²) in [5.74, 6) is 0. The highest BCUT2D eigenvalue weighted by Gasteiger charge is 1.81. The predicted molar refractivity (Wildman–Crippen MR) is 34.0 cm³/mol. The van der Waals surface area contributed by atoms with Crippen LogP contribution in [0.15, 0.2) is 0 Å². The number of carbonyl (C=O) groups excluding carboxylic acids is 1. The van der Waals surface area contributed by atoms with E-state index < -0.39 is 0 Å². The Morgan fingerprint density at radius 2 is 2.22 bits per heavy atom. The summed E-state index contributed by atoms with van der Waals surface area (Å²) in [6.45, 7) is 0.576. The standard InChI is InChI=1S/C4H5NO3.H2S/c5-3-7-1-2-8-4-6;/h4H,1-2H2;1H2. The van der Waals surface area contributed by atoms with Gasteiger partial charge in [0.25, 0.3) is 12.7 Å². The predicted octanol–water partition coefficient (Wildman–Crippen LogP) is -0.230. The van der Waals surface area contributed by atoms with Gasteiger partial charge in [0.05, 0.1) is 0 Å². The van der Waals surface area contributed by atoms with Gasteiger partial charge >= 0.3 is 0 Å². The number of rotatable bonds is 4. The third-order valence-corrected chi connectivity index (χ3v) is 0.436. The first-order valence-electron chi connectivity index (χ1n) is 1.98. The van der Waals surface area contributed by atoms with Crippen molar-refractivity contribution < 1.29 is 14.3 Å². The quantitative estimate of drug-likeness (QED) is 0.315. The normalized spacial score (nSPS) is 6.11. The molecule has 0 N–H and O–H groups in total. The van der Waals surface area contributed by atoms with Crippen LogP contribution in [0.1, 0.15) is 0 Å². The molecule has 0 atom stereocenters. The second kappa shape index (κ2) is 10.2. The van der Waals surface area contributed by atoms with Crippen molar-refractivity contribution in [2.45, 2.75) is 0 Å². The van der Waals surface area contributed by atoms with Crippen molar-refractivity contribution in [2.75, 3.05) is 13.2 Å². The Morgan fingerprint density at radius 3 is 2.67 bits per heavy atom. The molecular weight excluding hydrogens is 142 g/mol. The summed E-state index contributed by atoms with van der Waals surface area (Å²) in [7, 11) is 0. The summed E-state index contributed by atoms with van der Waals surface area (Å²) in [5.41, 5.74) is 0. The molecule has 0 aromatic heterocycles. The van der Waals surface area contributed by atoms with Crippen molar-refractivity contribution in [3.05, 3.63) is 0 Å². The van der Waals surface area contributed by atoms with Gasteiger partial charge in [-0.15, -0.1) is 0 Å². The minimum atomic E-state index is 0. The lowest BCUT2D eigenvalue weighted by molar-refractivity contribution is -0.129. The largest absolute Gasteiger partial charge is 0.464 e. The smallest absolute Gasteiger partial charge is 0.293 e. The third-order valence-electron chi connectivity index (χ3n) is 0.436. The SMILES string of the molecule is N#COCCOC=O.S. The first-order chi connectivity index (χ1) is 3.91. The number of ether oxygens (including phenoxy) is 2. The van der Waals surface area contributed by atoms with Gasteiger partial charge in [0, 0.05) is 0 Å². The second-order valence-electron chi connectivity index (χ2n) is 0.907. The van der Waals surface area contributed by atoms with Gasteiger partial charge in [-0.1, -0.05) is 0 Å². The zero-order valence-corrected chi connectivity index (χ0v) is 5.66. The Morgan fingerprint density at radius 1 is 1.56 bits per heavy atom. The van der Waals surface area contributed by atoms with Gasteiger partial charge in [0.1, 0.15) is 13.2 Å². The van der Waals surface area contributed by atoms with Crippen LogP contribution in [-0.2, 0) is 14.3 Å². The molecule has 5 heteroatoms. The fourth-order valence-corrected chi connectivity index (χ4v) is 0.184. The maximum absolute atomic E-state index is 9.41. The van der Waals surface area contributed by atoms with Gasteiger partial charge in [0.15, 0.2) is 0 Å². The molecule has 52 valence electrons. The van der Waals surface area contributed by atoms with E-state index in [0.717, 1.165) is 0 Å². The molecule has 0 aliphatic rings. The molecule has 0 saturated heterocycles. The molecule has 0 fully saturated rings. The Balaban J connectivity index is 0. The lowest BCUT2D eigenvalue weighted by atomic mass is 10.8. The van der Waals surface area contributed by atoms with Crippen molar-refractivity contribution >= 4 is 20.0 Å². The molecule has 0 saturated carbocycles. The van der Waals surface area contributed by atoms with Gasteiger partial charge in [-0.05, 0) is 0 Å². The summed E-state index contributed by atoms with van der Waals surface area (Å²) >= 11 is 0. The molecule has 0 aliphatic heterocycles. The van der Waals surface area contributed by atoms with E-state index in [4.69, 9.17) is 5.26 Å². The zero-order valence-electron chi connectivity index (χ0n) is 4.66. The molecule has 0 unspecified atom stereocenters. The van der Waals surface area contributed by atoms with Crippen LogP contribution in [0, 0.1) is 11.5 Å². The van der Waals surface area contributed by atoms with Gasteiger partial charge in [0.2, 0.25) is 0 Å². The molecule has 4 nitrogen and oxygen atoms in total. The van der Waals surface area contributed by atoms with E-state index in [2.05, 4.69) is 9.47 Å². The lowest BCUT2D eigenvalue weighted by Gasteiger charge is -1.91. The van der Waals surface area contributed by atoms with E-state index in [0.29, 0.717) is 6.47 Å². The highest BCUT2D eigenvalue weighted by molar-refractivity contribution is 7.59. The fraction of sp³-hybridized carbons (Fsp3) is 0.500. The number of nitriles is 1. The van der Waals surface area contributed by atoms with Crippen LogP contribution in [0.5, 0.6) is 0 Å². The number of carbonyl (C=O) groups is 1. The topological polar surface area (TPSA) is 59.3 Å². The van der Waals surface area contributed by atoms with Crippen LogP contribution >= 0.6 is 13.5 Å². The first kappa shape index (κ1) is 11.0. The van der Waals surface area contributed by atoms with Crippen molar-refractivity contribution in [3.63, 3.8) is 0 Å². The molecule has 0 aromatic rings. The molecule has 0 aromatic carbocycles. The van der Waals surface area contributed by atoms with Gasteiger partial charge in [-0.2, -0.15) is 18.8 Å². The van der Waals surface area contributed by atoms with E-state index in [9.17, 15) is 4.79 Å². The van der Waals surface area contributed by atoms with Gasteiger partial charge < -0.3 is 9.47 Å². The van der Waals surface area contributed by atoms with E-state index in [-0.39, 0.29) is 26.7 Å². The van der Waals surface area contributed by atoms with Crippen LogP contribution in [0.4, 0.5) is 0 Å². The molecule has 0 bridgehead atoms. The summed E-state index contributed by atoms with van der Waals surface area (Å²) in [6, 6.07) is 0. The Labute approximate surface area is 59.8 Å². The molecule has 0 heterocycles. The van der Waals surface area contributed by atoms with Crippen LogP contribution < -0.4 is 0 Å². The third kappa shape index (κ3) is 11.0. The summed E-state index contributed by atoms with van der Waals surface area (Å²) in [4.78, 5) is 9.41. The minimum absolute atomic E-state index is 0. The van der Waals surface area contributed by atoms with Crippen LogP contribution in [0.2, 0.25) is 0 Å². The molecule has 0 spiro atoms. The van der Waals surface area contributed by atoms with Crippen molar-refractivity contribution in [1.29, 1.82) is 5.26 Å². The molecule has 0 amide bonds.